The zero-order valence-corrected chi connectivity index (χ0v) is 10.9. The van der Waals surface area contributed by atoms with Gasteiger partial charge in [0.15, 0.2) is 0 Å². The fourth-order valence-electron chi connectivity index (χ4n) is 1.26. The van der Waals surface area contributed by atoms with Crippen LogP contribution in [0.3, 0.4) is 0 Å². The molecule has 0 aliphatic heterocycles. The van der Waals surface area contributed by atoms with Crippen LogP contribution in [-0.4, -0.2) is 19.7 Å². The second-order valence-corrected chi connectivity index (χ2v) is 4.26. The zero-order valence-electron chi connectivity index (χ0n) is 9.27. The Labute approximate surface area is 106 Å². The highest BCUT2D eigenvalue weighted by molar-refractivity contribution is 9.10. The minimum Gasteiger partial charge on any atom is -0.492 e. The molecule has 1 rings (SSSR count). The fourth-order valence-corrected chi connectivity index (χ4v) is 1.60. The smallest absolute Gasteiger partial charge is 0.419 e. The zero-order chi connectivity index (χ0) is 12.9. The van der Waals surface area contributed by atoms with E-state index in [-0.39, 0.29) is 12.4 Å². The lowest BCUT2D eigenvalue weighted by Gasteiger charge is -2.14. The van der Waals surface area contributed by atoms with Crippen molar-refractivity contribution in [2.75, 3.05) is 19.7 Å². The summed E-state index contributed by atoms with van der Waals surface area (Å²) in [5.74, 6) is -0.148. The normalized spacial score (nSPS) is 11.6. The Hall–Kier alpha value is -0.750. The third kappa shape index (κ3) is 4.55. The first kappa shape index (κ1) is 14.3. The van der Waals surface area contributed by atoms with Crippen molar-refractivity contribution in [1.82, 2.24) is 5.32 Å². The Balaban J connectivity index is 2.77. The van der Waals surface area contributed by atoms with Crippen LogP contribution in [0.15, 0.2) is 22.7 Å². The molecule has 0 saturated heterocycles. The van der Waals surface area contributed by atoms with Crippen molar-refractivity contribution in [3.63, 3.8) is 0 Å². The van der Waals surface area contributed by atoms with Crippen molar-refractivity contribution >= 4 is 15.9 Å². The number of hydrogen-bond acceptors (Lipinski definition) is 2. The van der Waals surface area contributed by atoms with Crippen LogP contribution in [0.2, 0.25) is 0 Å². The SMILES string of the molecule is CCNCCOc1cc(Br)ccc1C(F)(F)F. The van der Waals surface area contributed by atoms with Gasteiger partial charge >= 0.3 is 6.18 Å². The first-order valence-electron chi connectivity index (χ1n) is 5.15. The van der Waals surface area contributed by atoms with E-state index in [1.54, 1.807) is 0 Å². The van der Waals surface area contributed by atoms with Crippen molar-refractivity contribution in [3.8, 4) is 5.75 Å². The lowest BCUT2D eigenvalue weighted by molar-refractivity contribution is -0.138. The monoisotopic (exact) mass is 311 g/mol. The molecule has 0 amide bonds. The van der Waals surface area contributed by atoms with Gasteiger partial charge in [-0.3, -0.25) is 0 Å². The lowest BCUT2D eigenvalue weighted by Crippen LogP contribution is -2.21. The van der Waals surface area contributed by atoms with E-state index in [9.17, 15) is 13.2 Å². The topological polar surface area (TPSA) is 21.3 Å². The van der Waals surface area contributed by atoms with Gasteiger partial charge in [0.1, 0.15) is 12.4 Å². The molecule has 1 aromatic rings. The summed E-state index contributed by atoms with van der Waals surface area (Å²) in [6, 6.07) is 3.68. The quantitative estimate of drug-likeness (QED) is 0.841. The average molecular weight is 312 g/mol. The molecule has 0 aliphatic rings. The minimum absolute atomic E-state index is 0.148. The Kier molecular flexibility index (Phi) is 5.27. The fraction of sp³-hybridized carbons (Fsp3) is 0.455. The van der Waals surface area contributed by atoms with E-state index in [2.05, 4.69) is 21.2 Å². The van der Waals surface area contributed by atoms with Gasteiger partial charge in [0, 0.05) is 11.0 Å². The number of benzene rings is 1. The van der Waals surface area contributed by atoms with Crippen LogP contribution in [0.1, 0.15) is 12.5 Å². The molecule has 0 unspecified atom stereocenters. The van der Waals surface area contributed by atoms with Gasteiger partial charge in [0.2, 0.25) is 0 Å². The summed E-state index contributed by atoms with van der Waals surface area (Å²) in [4.78, 5) is 0. The molecule has 0 atom stereocenters. The number of halogens is 4. The van der Waals surface area contributed by atoms with Crippen LogP contribution in [0.5, 0.6) is 5.75 Å². The summed E-state index contributed by atoms with van der Waals surface area (Å²) in [6.45, 7) is 3.39. The number of ether oxygens (including phenoxy) is 1. The first-order valence-corrected chi connectivity index (χ1v) is 5.94. The highest BCUT2D eigenvalue weighted by Gasteiger charge is 2.34. The second-order valence-electron chi connectivity index (χ2n) is 3.34. The molecule has 1 aromatic carbocycles. The van der Waals surface area contributed by atoms with E-state index in [1.807, 2.05) is 6.92 Å². The Morgan fingerprint density at radius 3 is 2.65 bits per heavy atom. The second kappa shape index (κ2) is 6.26. The summed E-state index contributed by atoms with van der Waals surface area (Å²) >= 11 is 3.12. The van der Waals surface area contributed by atoms with Crippen LogP contribution < -0.4 is 10.1 Å². The number of rotatable bonds is 5. The first-order chi connectivity index (χ1) is 7.95. The highest BCUT2D eigenvalue weighted by atomic mass is 79.9. The van der Waals surface area contributed by atoms with Crippen molar-refractivity contribution in [2.45, 2.75) is 13.1 Å². The van der Waals surface area contributed by atoms with E-state index >= 15 is 0 Å². The van der Waals surface area contributed by atoms with Gasteiger partial charge in [-0.25, -0.2) is 0 Å². The van der Waals surface area contributed by atoms with Gasteiger partial charge in [0.05, 0.1) is 5.56 Å². The molecule has 6 heteroatoms. The van der Waals surface area contributed by atoms with Gasteiger partial charge in [-0.1, -0.05) is 22.9 Å². The average Bonchev–Trinajstić information content (AvgIpc) is 2.23. The molecule has 0 aromatic heterocycles. The van der Waals surface area contributed by atoms with Crippen LogP contribution in [-0.2, 0) is 6.18 Å². The van der Waals surface area contributed by atoms with E-state index in [0.29, 0.717) is 11.0 Å². The van der Waals surface area contributed by atoms with Gasteiger partial charge in [-0.05, 0) is 24.7 Å². The third-order valence-electron chi connectivity index (χ3n) is 2.04. The van der Waals surface area contributed by atoms with Gasteiger partial charge in [-0.2, -0.15) is 13.2 Å². The van der Waals surface area contributed by atoms with Crippen molar-refractivity contribution in [1.29, 1.82) is 0 Å². The number of nitrogens with one attached hydrogen (secondary N) is 1. The number of alkyl halides is 3. The third-order valence-corrected chi connectivity index (χ3v) is 2.53. The number of hydrogen-bond donors (Lipinski definition) is 1. The molecule has 96 valence electrons. The van der Waals surface area contributed by atoms with E-state index in [1.165, 1.54) is 12.1 Å². The van der Waals surface area contributed by atoms with E-state index in [4.69, 9.17) is 4.74 Å². The Bertz CT molecular complexity index is 368. The van der Waals surface area contributed by atoms with E-state index in [0.717, 1.165) is 12.6 Å². The summed E-state index contributed by atoms with van der Waals surface area (Å²) in [5, 5.41) is 2.97. The van der Waals surface area contributed by atoms with Crippen LogP contribution in [0.4, 0.5) is 13.2 Å². The van der Waals surface area contributed by atoms with Crippen LogP contribution in [0, 0.1) is 0 Å². The van der Waals surface area contributed by atoms with Gasteiger partial charge in [-0.15, -0.1) is 0 Å². The summed E-state index contributed by atoms with van der Waals surface area (Å²) in [7, 11) is 0. The predicted octanol–water partition coefficient (Wildman–Crippen LogP) is 3.46. The van der Waals surface area contributed by atoms with Crippen molar-refractivity contribution in [3.05, 3.63) is 28.2 Å². The maximum atomic E-state index is 12.6. The molecule has 0 radical (unpaired) electrons. The molecule has 0 spiro atoms. The predicted molar refractivity (Wildman–Crippen MR) is 63.2 cm³/mol. The summed E-state index contributed by atoms with van der Waals surface area (Å²) in [6.07, 6.45) is -4.39. The van der Waals surface area contributed by atoms with Gasteiger partial charge in [0.25, 0.3) is 0 Å². The molecular formula is C11H13BrF3NO. The maximum absolute atomic E-state index is 12.6. The standard InChI is InChI=1S/C11H13BrF3NO/c1-2-16-5-6-17-10-7-8(12)3-4-9(10)11(13,14)15/h3-4,7,16H,2,5-6H2,1H3. The minimum atomic E-state index is -4.39. The molecule has 0 bridgehead atoms. The van der Waals surface area contributed by atoms with Crippen LogP contribution in [0.25, 0.3) is 0 Å². The van der Waals surface area contributed by atoms with Crippen LogP contribution >= 0.6 is 15.9 Å². The summed E-state index contributed by atoms with van der Waals surface area (Å²) < 4.78 is 43.6. The molecule has 1 N–H and O–H groups in total. The molecule has 0 fully saturated rings. The molecule has 0 saturated carbocycles. The van der Waals surface area contributed by atoms with E-state index < -0.39 is 11.7 Å². The Morgan fingerprint density at radius 2 is 2.06 bits per heavy atom. The van der Waals surface area contributed by atoms with Gasteiger partial charge < -0.3 is 10.1 Å². The molecule has 0 heterocycles. The summed E-state index contributed by atoms with van der Waals surface area (Å²) in [5.41, 5.74) is -0.753. The lowest BCUT2D eigenvalue weighted by atomic mass is 10.2. The molecule has 0 aliphatic carbocycles. The molecule has 2 nitrogen and oxygen atoms in total. The largest absolute Gasteiger partial charge is 0.492 e. The maximum Gasteiger partial charge on any atom is 0.419 e. The molecular weight excluding hydrogens is 299 g/mol. The molecule has 17 heavy (non-hydrogen) atoms. The Morgan fingerprint density at radius 1 is 1.35 bits per heavy atom. The van der Waals surface area contributed by atoms with Crippen molar-refractivity contribution in [2.24, 2.45) is 0 Å². The number of likely N-dealkylation sites (N-methyl/N-ethyl adjacent to an activating group) is 1. The van der Waals surface area contributed by atoms with Crippen molar-refractivity contribution < 1.29 is 17.9 Å². The highest BCUT2D eigenvalue weighted by Crippen LogP contribution is 2.37.